The van der Waals surface area contributed by atoms with Crippen molar-refractivity contribution in [3.8, 4) is 0 Å². The second-order valence-electron chi connectivity index (χ2n) is 6.72. The maximum atomic E-state index is 12.3. The van der Waals surface area contributed by atoms with Gasteiger partial charge in [-0.3, -0.25) is 4.79 Å². The maximum Gasteiger partial charge on any atom is 0.276 e. The SMILES string of the molecule is C=C(CCC)C(=O)N(N[Si](C)(C)C)N[Si](C)(C)C. The lowest BCUT2D eigenvalue weighted by Crippen LogP contribution is -2.66. The molecule has 0 aliphatic carbocycles. The number of hydrazine groups is 2. The molecular weight excluding hydrogens is 258 g/mol. The highest BCUT2D eigenvalue weighted by Gasteiger charge is 2.27. The minimum atomic E-state index is -1.58. The topological polar surface area (TPSA) is 44.4 Å². The van der Waals surface area contributed by atoms with Crippen LogP contribution in [0.5, 0.6) is 0 Å². The quantitative estimate of drug-likeness (QED) is 0.430. The van der Waals surface area contributed by atoms with Crippen LogP contribution in [0.3, 0.4) is 0 Å². The van der Waals surface area contributed by atoms with E-state index in [2.05, 4.69) is 63.0 Å². The molecule has 0 rings (SSSR count). The Morgan fingerprint density at radius 2 is 1.44 bits per heavy atom. The van der Waals surface area contributed by atoms with Crippen LogP contribution in [0.1, 0.15) is 19.8 Å². The molecule has 0 aliphatic heterocycles. The van der Waals surface area contributed by atoms with Gasteiger partial charge in [-0.05, 0) is 6.42 Å². The van der Waals surface area contributed by atoms with E-state index in [1.807, 2.05) is 0 Å². The third-order valence-corrected chi connectivity index (χ3v) is 3.74. The van der Waals surface area contributed by atoms with Gasteiger partial charge < -0.3 is 0 Å². The molecule has 0 heterocycles. The first-order valence-corrected chi connectivity index (χ1v) is 13.5. The Morgan fingerprint density at radius 1 is 1.06 bits per heavy atom. The summed E-state index contributed by atoms with van der Waals surface area (Å²) in [6.45, 7) is 19.0. The zero-order valence-corrected chi connectivity index (χ0v) is 15.0. The van der Waals surface area contributed by atoms with Crippen LogP contribution < -0.4 is 10.2 Å². The van der Waals surface area contributed by atoms with Crippen LogP contribution in [0.4, 0.5) is 0 Å². The normalized spacial score (nSPS) is 12.4. The Balaban J connectivity index is 4.86. The van der Waals surface area contributed by atoms with Crippen molar-refractivity contribution in [1.82, 2.24) is 15.3 Å². The number of rotatable bonds is 7. The Kier molecular flexibility index (Phi) is 6.49. The minimum absolute atomic E-state index is 0.0262. The highest BCUT2D eigenvalue weighted by atomic mass is 28.3. The van der Waals surface area contributed by atoms with Crippen molar-refractivity contribution >= 4 is 22.4 Å². The average molecular weight is 288 g/mol. The summed E-state index contributed by atoms with van der Waals surface area (Å²) in [6, 6.07) is 0. The van der Waals surface area contributed by atoms with Crippen molar-refractivity contribution in [3.05, 3.63) is 12.2 Å². The smallest absolute Gasteiger partial charge is 0.267 e. The molecule has 0 spiro atoms. The van der Waals surface area contributed by atoms with Gasteiger partial charge in [-0.1, -0.05) is 59.2 Å². The number of amides is 1. The van der Waals surface area contributed by atoms with E-state index in [1.54, 1.807) is 5.12 Å². The third-order valence-electron chi connectivity index (χ3n) is 1.95. The average Bonchev–Trinajstić information content (AvgIpc) is 2.11. The van der Waals surface area contributed by atoms with Gasteiger partial charge in [0.1, 0.15) is 16.5 Å². The van der Waals surface area contributed by atoms with Crippen LogP contribution in [0.2, 0.25) is 39.3 Å². The highest BCUT2D eigenvalue weighted by Crippen LogP contribution is 2.08. The molecule has 0 bridgehead atoms. The maximum absolute atomic E-state index is 12.3. The van der Waals surface area contributed by atoms with Crippen molar-refractivity contribution in [2.24, 2.45) is 0 Å². The first kappa shape index (κ1) is 17.6. The largest absolute Gasteiger partial charge is 0.276 e. The third kappa shape index (κ3) is 7.81. The predicted molar refractivity (Wildman–Crippen MR) is 83.9 cm³/mol. The Hall–Kier alpha value is -0.436. The molecule has 6 heteroatoms. The first-order chi connectivity index (χ1) is 7.96. The molecule has 0 unspecified atom stereocenters. The lowest BCUT2D eigenvalue weighted by atomic mass is 10.2. The van der Waals surface area contributed by atoms with Crippen molar-refractivity contribution in [2.75, 3.05) is 0 Å². The van der Waals surface area contributed by atoms with E-state index in [1.165, 1.54) is 0 Å². The number of nitrogens with zero attached hydrogens (tertiary/aromatic N) is 1. The molecule has 1 amide bonds. The van der Waals surface area contributed by atoms with E-state index < -0.39 is 16.5 Å². The van der Waals surface area contributed by atoms with Crippen LogP contribution in [0, 0.1) is 0 Å². The van der Waals surface area contributed by atoms with Gasteiger partial charge in [0.05, 0.1) is 0 Å². The monoisotopic (exact) mass is 287 g/mol. The Bertz CT molecular complexity index is 289. The Labute approximate surface area is 114 Å². The number of carbonyl (C=O) groups excluding carboxylic acids is 1. The molecular formula is C12H29N3OSi2. The van der Waals surface area contributed by atoms with Gasteiger partial charge in [-0.15, -0.1) is 0 Å². The van der Waals surface area contributed by atoms with E-state index in [0.717, 1.165) is 12.8 Å². The standard InChI is InChI=1S/C12H29N3OSi2/c1-9-10-11(2)12(16)15(13-17(3,4)5)14-18(6,7)8/h13-14H,2,9-10H2,1,3-8H3. The van der Waals surface area contributed by atoms with Gasteiger partial charge in [0, 0.05) is 5.57 Å². The number of carbonyl (C=O) groups is 1. The predicted octanol–water partition coefficient (Wildman–Crippen LogP) is 2.85. The molecule has 4 nitrogen and oxygen atoms in total. The second kappa shape index (κ2) is 6.65. The van der Waals surface area contributed by atoms with E-state index in [4.69, 9.17) is 0 Å². The second-order valence-corrected chi connectivity index (χ2v) is 16.2. The molecule has 0 atom stereocenters. The van der Waals surface area contributed by atoms with E-state index >= 15 is 0 Å². The number of hydrogen-bond acceptors (Lipinski definition) is 3. The van der Waals surface area contributed by atoms with Gasteiger partial charge in [-0.25, -0.2) is 15.3 Å². The zero-order valence-electron chi connectivity index (χ0n) is 13.0. The van der Waals surface area contributed by atoms with Gasteiger partial charge in [0.25, 0.3) is 5.91 Å². The number of nitrogens with one attached hydrogen (secondary N) is 2. The number of hydrogen-bond donors (Lipinski definition) is 2. The molecule has 106 valence electrons. The molecule has 0 aromatic carbocycles. The van der Waals surface area contributed by atoms with E-state index in [9.17, 15) is 4.79 Å². The fourth-order valence-corrected chi connectivity index (χ4v) is 3.14. The summed E-state index contributed by atoms with van der Waals surface area (Å²) in [7, 11) is -3.16. The lowest BCUT2D eigenvalue weighted by Gasteiger charge is -2.35. The van der Waals surface area contributed by atoms with E-state index in [0.29, 0.717) is 5.57 Å². The highest BCUT2D eigenvalue weighted by molar-refractivity contribution is 6.74. The Morgan fingerprint density at radius 3 is 1.72 bits per heavy atom. The fraction of sp³-hybridized carbons (Fsp3) is 0.750. The minimum Gasteiger partial charge on any atom is -0.267 e. The van der Waals surface area contributed by atoms with Crippen LogP contribution in [-0.2, 0) is 4.79 Å². The van der Waals surface area contributed by atoms with Crippen molar-refractivity contribution in [3.63, 3.8) is 0 Å². The lowest BCUT2D eigenvalue weighted by molar-refractivity contribution is -0.131. The molecule has 18 heavy (non-hydrogen) atoms. The fourth-order valence-electron chi connectivity index (χ4n) is 1.37. The molecule has 2 N–H and O–H groups in total. The van der Waals surface area contributed by atoms with Crippen LogP contribution >= 0.6 is 0 Å². The van der Waals surface area contributed by atoms with Crippen LogP contribution in [0.25, 0.3) is 0 Å². The summed E-state index contributed by atoms with van der Waals surface area (Å²) >= 11 is 0. The molecule has 0 saturated heterocycles. The van der Waals surface area contributed by atoms with Gasteiger partial charge in [-0.2, -0.15) is 0 Å². The zero-order chi connectivity index (χ0) is 14.6. The molecule has 0 aliphatic rings. The summed E-state index contributed by atoms with van der Waals surface area (Å²) in [5.74, 6) is -0.0262. The molecule has 0 fully saturated rings. The van der Waals surface area contributed by atoms with Gasteiger partial charge >= 0.3 is 0 Å². The summed E-state index contributed by atoms with van der Waals surface area (Å²) in [6.07, 6.45) is 1.69. The summed E-state index contributed by atoms with van der Waals surface area (Å²) in [5.41, 5.74) is 0.661. The van der Waals surface area contributed by atoms with Crippen molar-refractivity contribution in [2.45, 2.75) is 59.0 Å². The molecule has 0 saturated carbocycles. The van der Waals surface area contributed by atoms with Gasteiger partial charge in [0.15, 0.2) is 0 Å². The van der Waals surface area contributed by atoms with Crippen molar-refractivity contribution in [1.29, 1.82) is 0 Å². The van der Waals surface area contributed by atoms with Crippen LogP contribution in [0.15, 0.2) is 12.2 Å². The van der Waals surface area contributed by atoms with Gasteiger partial charge in [0.2, 0.25) is 0 Å². The molecule has 0 radical (unpaired) electrons. The van der Waals surface area contributed by atoms with Crippen molar-refractivity contribution < 1.29 is 4.79 Å². The van der Waals surface area contributed by atoms with E-state index in [-0.39, 0.29) is 5.91 Å². The summed E-state index contributed by atoms with van der Waals surface area (Å²) < 4.78 is 0. The van der Waals surface area contributed by atoms with Crippen LogP contribution in [-0.4, -0.2) is 27.5 Å². The molecule has 0 aromatic heterocycles. The summed E-state index contributed by atoms with van der Waals surface area (Å²) in [4.78, 5) is 12.3. The summed E-state index contributed by atoms with van der Waals surface area (Å²) in [5, 5.41) is 8.27. The molecule has 0 aromatic rings. The first-order valence-electron chi connectivity index (χ1n) is 6.54.